The molecule has 7 heteroatoms. The highest BCUT2D eigenvalue weighted by atomic mass is 19.4. The summed E-state index contributed by atoms with van der Waals surface area (Å²) < 4.78 is 41.3. The molecular formula is C11H16F3N3O. The second-order valence-corrected chi connectivity index (χ2v) is 4.70. The fourth-order valence-electron chi connectivity index (χ4n) is 2.42. The number of halogens is 3. The average Bonchev–Trinajstić information content (AvgIpc) is 2.93. The molecule has 1 aliphatic carbocycles. The van der Waals surface area contributed by atoms with Gasteiger partial charge in [-0.05, 0) is 25.3 Å². The van der Waals surface area contributed by atoms with Crippen LogP contribution in [-0.2, 0) is 6.42 Å². The number of hydrogen-bond acceptors (Lipinski definition) is 4. The molecule has 1 saturated carbocycles. The molecule has 2 unspecified atom stereocenters. The fourth-order valence-corrected chi connectivity index (χ4v) is 2.42. The molecule has 0 amide bonds. The lowest BCUT2D eigenvalue weighted by Crippen LogP contribution is -2.17. The van der Waals surface area contributed by atoms with E-state index >= 15 is 0 Å². The Bertz CT molecular complexity index is 391. The van der Waals surface area contributed by atoms with E-state index in [0.29, 0.717) is 18.4 Å². The molecule has 1 aliphatic rings. The van der Waals surface area contributed by atoms with Crippen LogP contribution >= 0.6 is 0 Å². The van der Waals surface area contributed by atoms with Crippen molar-refractivity contribution in [2.45, 2.75) is 44.2 Å². The highest BCUT2D eigenvalue weighted by Crippen LogP contribution is 2.38. The second-order valence-electron chi connectivity index (χ2n) is 4.70. The summed E-state index contributed by atoms with van der Waals surface area (Å²) in [5.74, 6) is 0.994. The largest absolute Gasteiger partial charge is 0.389 e. The van der Waals surface area contributed by atoms with Crippen LogP contribution in [0.3, 0.4) is 0 Å². The third-order valence-corrected chi connectivity index (χ3v) is 3.39. The molecule has 2 N–H and O–H groups in total. The first-order valence-corrected chi connectivity index (χ1v) is 6.09. The Labute approximate surface area is 103 Å². The van der Waals surface area contributed by atoms with Gasteiger partial charge in [0.1, 0.15) is 0 Å². The van der Waals surface area contributed by atoms with Gasteiger partial charge in [0, 0.05) is 12.3 Å². The fraction of sp³-hybridized carbons (Fsp3) is 0.818. The molecule has 0 saturated heterocycles. The maximum atomic E-state index is 12.1. The zero-order valence-corrected chi connectivity index (χ0v) is 9.91. The zero-order valence-electron chi connectivity index (χ0n) is 9.91. The van der Waals surface area contributed by atoms with Gasteiger partial charge in [0.05, 0.1) is 6.42 Å². The van der Waals surface area contributed by atoms with Crippen molar-refractivity contribution in [3.05, 3.63) is 11.7 Å². The van der Waals surface area contributed by atoms with Crippen molar-refractivity contribution in [2.75, 3.05) is 6.54 Å². The van der Waals surface area contributed by atoms with E-state index in [4.69, 9.17) is 10.3 Å². The number of aryl methyl sites for hydroxylation is 1. The molecular weight excluding hydrogens is 247 g/mol. The molecule has 18 heavy (non-hydrogen) atoms. The third kappa shape index (κ3) is 3.22. The summed E-state index contributed by atoms with van der Waals surface area (Å²) in [6, 6.07) is 0. The van der Waals surface area contributed by atoms with E-state index in [1.54, 1.807) is 0 Å². The monoisotopic (exact) mass is 263 g/mol. The zero-order chi connectivity index (χ0) is 13.2. The summed E-state index contributed by atoms with van der Waals surface area (Å²) >= 11 is 0. The number of rotatable bonds is 4. The predicted molar refractivity (Wildman–Crippen MR) is 57.8 cm³/mol. The van der Waals surface area contributed by atoms with Gasteiger partial charge in [0.25, 0.3) is 0 Å². The molecule has 1 heterocycles. The summed E-state index contributed by atoms with van der Waals surface area (Å²) in [4.78, 5) is 4.06. The summed E-state index contributed by atoms with van der Waals surface area (Å²) in [7, 11) is 0. The molecule has 4 nitrogen and oxygen atoms in total. The number of aromatic nitrogens is 2. The molecule has 0 radical (unpaired) electrons. The first-order chi connectivity index (χ1) is 8.49. The standard InChI is InChI=1S/C11H16F3N3O/c12-11(13,14)5-4-9-16-10(18-17-9)8-3-1-2-7(8)6-15/h7-8H,1-6,15H2. The Morgan fingerprint density at radius 1 is 1.33 bits per heavy atom. The molecule has 0 spiro atoms. The molecule has 1 aromatic heterocycles. The van der Waals surface area contributed by atoms with Gasteiger partial charge in [-0.1, -0.05) is 11.6 Å². The maximum absolute atomic E-state index is 12.1. The van der Waals surface area contributed by atoms with Crippen molar-refractivity contribution >= 4 is 0 Å². The lowest BCUT2D eigenvalue weighted by atomic mass is 9.96. The summed E-state index contributed by atoms with van der Waals surface area (Å²) in [6.45, 7) is 0.547. The minimum absolute atomic E-state index is 0.113. The summed E-state index contributed by atoms with van der Waals surface area (Å²) in [5.41, 5.74) is 5.65. The number of nitrogens with zero attached hydrogens (tertiary/aromatic N) is 2. The molecule has 2 atom stereocenters. The quantitative estimate of drug-likeness (QED) is 0.906. The highest BCUT2D eigenvalue weighted by molar-refractivity contribution is 5.00. The SMILES string of the molecule is NCC1CCCC1c1nc(CCC(F)(F)F)no1. The normalized spacial score (nSPS) is 24.7. The van der Waals surface area contributed by atoms with Crippen molar-refractivity contribution in [1.29, 1.82) is 0 Å². The van der Waals surface area contributed by atoms with Gasteiger partial charge in [0.15, 0.2) is 5.82 Å². The smallest absolute Gasteiger partial charge is 0.339 e. The lowest BCUT2D eigenvalue weighted by molar-refractivity contribution is -0.134. The predicted octanol–water partition coefficient (Wildman–Crippen LogP) is 2.41. The Hall–Kier alpha value is -1.11. The van der Waals surface area contributed by atoms with E-state index in [-0.39, 0.29) is 18.2 Å². The Morgan fingerprint density at radius 2 is 2.11 bits per heavy atom. The van der Waals surface area contributed by atoms with Crippen LogP contribution in [0.4, 0.5) is 13.2 Å². The van der Waals surface area contributed by atoms with Gasteiger partial charge >= 0.3 is 6.18 Å². The summed E-state index contributed by atoms with van der Waals surface area (Å²) in [5, 5.41) is 3.61. The van der Waals surface area contributed by atoms with E-state index in [0.717, 1.165) is 19.3 Å². The van der Waals surface area contributed by atoms with Crippen LogP contribution in [0.15, 0.2) is 4.52 Å². The van der Waals surface area contributed by atoms with Crippen molar-refractivity contribution in [2.24, 2.45) is 11.7 Å². The van der Waals surface area contributed by atoms with E-state index in [1.807, 2.05) is 0 Å². The Kier molecular flexibility index (Phi) is 3.89. The number of hydrogen-bond donors (Lipinski definition) is 1. The van der Waals surface area contributed by atoms with E-state index in [2.05, 4.69) is 10.1 Å². The Morgan fingerprint density at radius 3 is 2.78 bits per heavy atom. The minimum Gasteiger partial charge on any atom is -0.339 e. The van der Waals surface area contributed by atoms with Crippen LogP contribution in [0.5, 0.6) is 0 Å². The lowest BCUT2D eigenvalue weighted by Gasteiger charge is -2.12. The van der Waals surface area contributed by atoms with Gasteiger partial charge in [-0.25, -0.2) is 0 Å². The second kappa shape index (κ2) is 5.26. The van der Waals surface area contributed by atoms with Crippen LogP contribution in [0, 0.1) is 5.92 Å². The van der Waals surface area contributed by atoms with E-state index < -0.39 is 12.6 Å². The number of alkyl halides is 3. The van der Waals surface area contributed by atoms with Crippen LogP contribution < -0.4 is 5.73 Å². The molecule has 0 aliphatic heterocycles. The van der Waals surface area contributed by atoms with Crippen LogP contribution in [0.25, 0.3) is 0 Å². The van der Waals surface area contributed by atoms with Crippen molar-refractivity contribution in [3.63, 3.8) is 0 Å². The molecule has 0 bridgehead atoms. The first kappa shape index (κ1) is 13.3. The summed E-state index contributed by atoms with van der Waals surface area (Å²) in [6.07, 6.45) is -2.35. The molecule has 1 fully saturated rings. The van der Waals surface area contributed by atoms with Gasteiger partial charge in [-0.3, -0.25) is 0 Å². The molecule has 0 aromatic carbocycles. The number of nitrogens with two attached hydrogens (primary N) is 1. The first-order valence-electron chi connectivity index (χ1n) is 6.09. The van der Waals surface area contributed by atoms with E-state index in [1.165, 1.54) is 0 Å². The van der Waals surface area contributed by atoms with Crippen LogP contribution in [-0.4, -0.2) is 22.9 Å². The van der Waals surface area contributed by atoms with Crippen molar-refractivity contribution < 1.29 is 17.7 Å². The van der Waals surface area contributed by atoms with Gasteiger partial charge in [-0.2, -0.15) is 18.2 Å². The average molecular weight is 263 g/mol. The maximum Gasteiger partial charge on any atom is 0.389 e. The van der Waals surface area contributed by atoms with Crippen molar-refractivity contribution in [1.82, 2.24) is 10.1 Å². The molecule has 2 rings (SSSR count). The van der Waals surface area contributed by atoms with Crippen molar-refractivity contribution in [3.8, 4) is 0 Å². The van der Waals surface area contributed by atoms with Gasteiger partial charge in [-0.15, -0.1) is 0 Å². The topological polar surface area (TPSA) is 64.9 Å². The van der Waals surface area contributed by atoms with E-state index in [9.17, 15) is 13.2 Å². The van der Waals surface area contributed by atoms with Crippen LogP contribution in [0.2, 0.25) is 0 Å². The third-order valence-electron chi connectivity index (χ3n) is 3.39. The van der Waals surface area contributed by atoms with Crippen LogP contribution in [0.1, 0.15) is 43.3 Å². The minimum atomic E-state index is -4.19. The van der Waals surface area contributed by atoms with Gasteiger partial charge in [0.2, 0.25) is 5.89 Å². The highest BCUT2D eigenvalue weighted by Gasteiger charge is 2.32. The van der Waals surface area contributed by atoms with Gasteiger partial charge < -0.3 is 10.3 Å². The molecule has 1 aromatic rings. The molecule has 102 valence electrons. The Balaban J connectivity index is 1.97.